The van der Waals surface area contributed by atoms with Gasteiger partial charge in [-0.05, 0) is 44.4 Å². The van der Waals surface area contributed by atoms with E-state index in [1.165, 1.54) is 31.9 Å². The molecule has 1 saturated heterocycles. The standard InChI is InChI=1S/C15H21N5O2/c21-20(22)13-9-16-15(18-14(13)17-11-6-7-11)19-8-2-4-10-3-1-5-12(10)19/h9-12H,1-8H2,(H,16,17,18)/t10-,12-/m1/s1. The molecule has 0 bridgehead atoms. The number of nitrogens with zero attached hydrogens (tertiary/aromatic N) is 4. The van der Waals surface area contributed by atoms with Crippen LogP contribution in [-0.2, 0) is 0 Å². The number of nitrogens with one attached hydrogen (secondary N) is 1. The number of hydrogen-bond donors (Lipinski definition) is 1. The van der Waals surface area contributed by atoms with Crippen LogP contribution in [0.2, 0.25) is 0 Å². The summed E-state index contributed by atoms with van der Waals surface area (Å²) in [5, 5.41) is 14.4. The highest BCUT2D eigenvalue weighted by Crippen LogP contribution is 2.39. The minimum absolute atomic E-state index is 0.0179. The predicted molar refractivity (Wildman–Crippen MR) is 83.0 cm³/mol. The maximum Gasteiger partial charge on any atom is 0.329 e. The van der Waals surface area contributed by atoms with Crippen LogP contribution >= 0.6 is 0 Å². The minimum atomic E-state index is -0.400. The Bertz CT molecular complexity index is 589. The molecule has 3 fully saturated rings. The van der Waals surface area contributed by atoms with Crippen LogP contribution in [0, 0.1) is 16.0 Å². The van der Waals surface area contributed by atoms with Crippen molar-refractivity contribution in [3.63, 3.8) is 0 Å². The van der Waals surface area contributed by atoms with Crippen molar-refractivity contribution in [2.24, 2.45) is 5.92 Å². The SMILES string of the molecule is O=[N+]([O-])c1cnc(N2CCC[C@H]3CCC[C@H]32)nc1NC1CC1. The number of fused-ring (bicyclic) bond motifs is 1. The van der Waals surface area contributed by atoms with Crippen LogP contribution < -0.4 is 10.2 Å². The summed E-state index contributed by atoms with van der Waals surface area (Å²) in [6.07, 6.45) is 9.69. The molecule has 2 atom stereocenters. The van der Waals surface area contributed by atoms with Crippen molar-refractivity contribution in [2.45, 2.75) is 57.0 Å². The second-order valence-corrected chi connectivity index (χ2v) is 6.67. The van der Waals surface area contributed by atoms with Gasteiger partial charge in [0.05, 0.1) is 4.92 Å². The Hall–Kier alpha value is -1.92. The van der Waals surface area contributed by atoms with Crippen LogP contribution in [0.1, 0.15) is 44.9 Å². The lowest BCUT2D eigenvalue weighted by atomic mass is 9.92. The van der Waals surface area contributed by atoms with E-state index in [0.717, 1.165) is 31.7 Å². The lowest BCUT2D eigenvalue weighted by molar-refractivity contribution is -0.384. The topological polar surface area (TPSA) is 84.2 Å². The number of piperidine rings is 1. The first-order chi connectivity index (χ1) is 10.7. The van der Waals surface area contributed by atoms with Gasteiger partial charge in [-0.25, -0.2) is 4.98 Å². The van der Waals surface area contributed by atoms with Crippen molar-refractivity contribution in [1.82, 2.24) is 9.97 Å². The summed E-state index contributed by atoms with van der Waals surface area (Å²) in [4.78, 5) is 21.9. The van der Waals surface area contributed by atoms with Crippen LogP contribution in [0.5, 0.6) is 0 Å². The highest BCUT2D eigenvalue weighted by molar-refractivity contribution is 5.58. The second kappa shape index (κ2) is 5.37. The number of rotatable bonds is 4. The smallest absolute Gasteiger partial charge is 0.329 e. The van der Waals surface area contributed by atoms with E-state index in [2.05, 4.69) is 20.2 Å². The van der Waals surface area contributed by atoms with E-state index in [1.54, 1.807) is 0 Å². The molecular weight excluding hydrogens is 282 g/mol. The molecule has 2 heterocycles. The molecule has 0 unspecified atom stereocenters. The van der Waals surface area contributed by atoms with Crippen LogP contribution in [0.3, 0.4) is 0 Å². The molecule has 2 saturated carbocycles. The quantitative estimate of drug-likeness (QED) is 0.680. The number of hydrogen-bond acceptors (Lipinski definition) is 6. The van der Waals surface area contributed by atoms with Gasteiger partial charge in [-0.15, -0.1) is 0 Å². The summed E-state index contributed by atoms with van der Waals surface area (Å²) < 4.78 is 0. The Morgan fingerprint density at radius 1 is 1.23 bits per heavy atom. The van der Waals surface area contributed by atoms with Crippen LogP contribution in [-0.4, -0.2) is 33.5 Å². The Kier molecular flexibility index (Phi) is 3.35. The molecule has 118 valence electrons. The molecule has 0 spiro atoms. The summed E-state index contributed by atoms with van der Waals surface area (Å²) in [5.74, 6) is 1.79. The molecule has 0 amide bonds. The fraction of sp³-hybridized carbons (Fsp3) is 0.733. The molecule has 1 aromatic rings. The van der Waals surface area contributed by atoms with Crippen molar-refractivity contribution < 1.29 is 4.92 Å². The summed E-state index contributed by atoms with van der Waals surface area (Å²) in [6, 6.07) is 0.853. The van der Waals surface area contributed by atoms with Crippen molar-refractivity contribution in [3.8, 4) is 0 Å². The fourth-order valence-electron chi connectivity index (χ4n) is 3.87. The van der Waals surface area contributed by atoms with E-state index in [9.17, 15) is 10.1 Å². The fourth-order valence-corrected chi connectivity index (χ4v) is 3.87. The van der Waals surface area contributed by atoms with Crippen molar-refractivity contribution >= 4 is 17.5 Å². The molecular formula is C15H21N5O2. The Labute approximate surface area is 129 Å². The Balaban J connectivity index is 1.64. The normalized spacial score (nSPS) is 27.5. The maximum absolute atomic E-state index is 11.2. The molecule has 0 radical (unpaired) electrons. The number of anilines is 2. The maximum atomic E-state index is 11.2. The summed E-state index contributed by atoms with van der Waals surface area (Å²) in [5.41, 5.74) is -0.0179. The molecule has 4 rings (SSSR count). The molecule has 7 heteroatoms. The van der Waals surface area contributed by atoms with Gasteiger partial charge >= 0.3 is 5.69 Å². The molecule has 1 aromatic heterocycles. The third kappa shape index (κ3) is 2.48. The highest BCUT2D eigenvalue weighted by atomic mass is 16.6. The van der Waals surface area contributed by atoms with Crippen molar-refractivity contribution in [2.75, 3.05) is 16.8 Å². The van der Waals surface area contributed by atoms with Crippen molar-refractivity contribution in [1.29, 1.82) is 0 Å². The zero-order valence-corrected chi connectivity index (χ0v) is 12.6. The monoisotopic (exact) mass is 303 g/mol. The van der Waals surface area contributed by atoms with Gasteiger partial charge in [0.25, 0.3) is 0 Å². The molecule has 7 nitrogen and oxygen atoms in total. The van der Waals surface area contributed by atoms with E-state index in [0.29, 0.717) is 23.8 Å². The molecule has 1 N–H and O–H groups in total. The van der Waals surface area contributed by atoms with Gasteiger partial charge in [-0.2, -0.15) is 4.98 Å². The van der Waals surface area contributed by atoms with Gasteiger partial charge in [-0.3, -0.25) is 10.1 Å². The van der Waals surface area contributed by atoms with Crippen molar-refractivity contribution in [3.05, 3.63) is 16.3 Å². The first-order valence-corrected chi connectivity index (χ1v) is 8.27. The van der Waals surface area contributed by atoms with Gasteiger partial charge in [0.1, 0.15) is 6.20 Å². The third-order valence-corrected chi connectivity index (χ3v) is 5.12. The molecule has 3 aliphatic rings. The van der Waals surface area contributed by atoms with Gasteiger partial charge < -0.3 is 10.2 Å². The minimum Gasteiger partial charge on any atom is -0.361 e. The van der Waals surface area contributed by atoms with Crippen LogP contribution in [0.4, 0.5) is 17.5 Å². The van der Waals surface area contributed by atoms with Crippen LogP contribution in [0.15, 0.2) is 6.20 Å². The third-order valence-electron chi connectivity index (χ3n) is 5.12. The van der Waals surface area contributed by atoms with Crippen LogP contribution in [0.25, 0.3) is 0 Å². The van der Waals surface area contributed by atoms with E-state index in [1.807, 2.05) is 0 Å². The molecule has 1 aliphatic heterocycles. The Morgan fingerprint density at radius 3 is 2.82 bits per heavy atom. The van der Waals surface area contributed by atoms with E-state index >= 15 is 0 Å². The van der Waals surface area contributed by atoms with E-state index < -0.39 is 4.92 Å². The highest BCUT2D eigenvalue weighted by Gasteiger charge is 2.37. The van der Waals surface area contributed by atoms with Gasteiger partial charge in [0.2, 0.25) is 11.8 Å². The Morgan fingerprint density at radius 2 is 2.05 bits per heavy atom. The average molecular weight is 303 g/mol. The largest absolute Gasteiger partial charge is 0.361 e. The second-order valence-electron chi connectivity index (χ2n) is 6.67. The first kappa shape index (κ1) is 13.7. The predicted octanol–water partition coefficient (Wildman–Crippen LogP) is 2.73. The zero-order valence-electron chi connectivity index (χ0n) is 12.6. The summed E-state index contributed by atoms with van der Waals surface area (Å²) in [7, 11) is 0. The van der Waals surface area contributed by atoms with E-state index in [-0.39, 0.29) is 5.69 Å². The average Bonchev–Trinajstić information content (AvgIpc) is 3.19. The van der Waals surface area contributed by atoms with Gasteiger partial charge in [-0.1, -0.05) is 6.42 Å². The first-order valence-electron chi connectivity index (χ1n) is 8.27. The molecule has 0 aromatic carbocycles. The molecule has 2 aliphatic carbocycles. The van der Waals surface area contributed by atoms with E-state index in [4.69, 9.17) is 0 Å². The van der Waals surface area contributed by atoms with Gasteiger partial charge in [0.15, 0.2) is 0 Å². The lowest BCUT2D eigenvalue weighted by Crippen LogP contribution is -2.43. The summed E-state index contributed by atoms with van der Waals surface area (Å²) >= 11 is 0. The zero-order chi connectivity index (χ0) is 15.1. The lowest BCUT2D eigenvalue weighted by Gasteiger charge is -2.37. The number of nitro groups is 1. The molecule has 22 heavy (non-hydrogen) atoms. The van der Waals surface area contributed by atoms with Gasteiger partial charge in [0, 0.05) is 18.6 Å². The number of aromatic nitrogens is 2. The summed E-state index contributed by atoms with van der Waals surface area (Å²) in [6.45, 7) is 0.960.